The van der Waals surface area contributed by atoms with Crippen molar-refractivity contribution in [3.8, 4) is 5.75 Å². The number of sulfonamides is 1. The highest BCUT2D eigenvalue weighted by molar-refractivity contribution is 7.89. The van der Waals surface area contributed by atoms with E-state index >= 15 is 0 Å². The van der Waals surface area contributed by atoms with E-state index in [1.165, 1.54) is 12.1 Å². The highest BCUT2D eigenvalue weighted by Crippen LogP contribution is 2.27. The predicted octanol–water partition coefficient (Wildman–Crippen LogP) is 1.91. The lowest BCUT2D eigenvalue weighted by molar-refractivity contribution is -0.143. The van der Waals surface area contributed by atoms with Crippen molar-refractivity contribution in [2.45, 2.75) is 36.3 Å². The van der Waals surface area contributed by atoms with Crippen LogP contribution in [0, 0.1) is 0 Å². The van der Waals surface area contributed by atoms with Crippen LogP contribution in [0.3, 0.4) is 0 Å². The molecule has 0 amide bonds. The maximum absolute atomic E-state index is 12.9. The molecule has 7 nitrogen and oxygen atoms in total. The molecule has 1 saturated heterocycles. The van der Waals surface area contributed by atoms with Crippen LogP contribution in [0.15, 0.2) is 59.5 Å². The maximum Gasteiger partial charge on any atom is 0.322 e. The number of aliphatic hydroxyl groups is 1. The topological polar surface area (TPSA) is 104 Å². The first-order valence-electron chi connectivity index (χ1n) is 9.07. The zero-order valence-electron chi connectivity index (χ0n) is 15.3. The third-order valence-electron chi connectivity index (χ3n) is 4.74. The Labute approximate surface area is 164 Å². The number of aliphatic carboxylic acids is 1. The molecule has 1 heterocycles. The Kier molecular flexibility index (Phi) is 6.33. The molecule has 0 aromatic heterocycles. The fourth-order valence-corrected chi connectivity index (χ4v) is 4.82. The third-order valence-corrected chi connectivity index (χ3v) is 6.67. The van der Waals surface area contributed by atoms with E-state index in [0.29, 0.717) is 12.4 Å². The van der Waals surface area contributed by atoms with Crippen molar-refractivity contribution in [1.29, 1.82) is 0 Å². The van der Waals surface area contributed by atoms with E-state index in [-0.39, 0.29) is 24.3 Å². The second-order valence-corrected chi connectivity index (χ2v) is 8.59. The SMILES string of the molecule is O=C(O)C1CC(O)CCN1S(=O)(=O)c1ccc(OCCc2ccccc2)cc1. The van der Waals surface area contributed by atoms with E-state index in [2.05, 4.69) is 0 Å². The molecule has 3 rings (SSSR count). The van der Waals surface area contributed by atoms with Gasteiger partial charge in [0.1, 0.15) is 11.8 Å². The van der Waals surface area contributed by atoms with Gasteiger partial charge < -0.3 is 14.9 Å². The summed E-state index contributed by atoms with van der Waals surface area (Å²) in [5, 5.41) is 19.0. The molecule has 1 fully saturated rings. The predicted molar refractivity (Wildman–Crippen MR) is 103 cm³/mol. The number of hydrogen-bond donors (Lipinski definition) is 2. The van der Waals surface area contributed by atoms with Gasteiger partial charge in [0.2, 0.25) is 10.0 Å². The minimum absolute atomic E-state index is 0.00514. The summed E-state index contributed by atoms with van der Waals surface area (Å²) in [4.78, 5) is 11.4. The lowest BCUT2D eigenvalue weighted by Gasteiger charge is -2.34. The summed E-state index contributed by atoms with van der Waals surface area (Å²) in [5.74, 6) is -0.720. The standard InChI is InChI=1S/C20H23NO6S/c22-16-10-12-21(19(14-16)20(23)24)28(25,26)18-8-6-17(7-9-18)27-13-11-15-4-2-1-3-5-15/h1-9,16,19,22H,10-14H2,(H,23,24). The molecule has 2 unspecified atom stereocenters. The van der Waals surface area contributed by atoms with Crippen LogP contribution in [0.4, 0.5) is 0 Å². The fourth-order valence-electron chi connectivity index (χ4n) is 3.21. The van der Waals surface area contributed by atoms with E-state index in [1.54, 1.807) is 12.1 Å². The normalized spacial score (nSPS) is 20.6. The minimum atomic E-state index is -3.97. The van der Waals surface area contributed by atoms with Gasteiger partial charge in [0.05, 0.1) is 17.6 Å². The number of rotatable bonds is 7. The second kappa shape index (κ2) is 8.72. The maximum atomic E-state index is 12.9. The first-order valence-corrected chi connectivity index (χ1v) is 10.5. The van der Waals surface area contributed by atoms with Crippen LogP contribution in [-0.2, 0) is 21.2 Å². The lowest BCUT2D eigenvalue weighted by atomic mass is 10.0. The molecule has 8 heteroatoms. The number of carboxylic acids is 1. The molecular weight excluding hydrogens is 382 g/mol. The summed E-state index contributed by atoms with van der Waals surface area (Å²) < 4.78 is 32.3. The molecule has 2 N–H and O–H groups in total. The Balaban J connectivity index is 1.66. The third kappa shape index (κ3) is 4.70. The van der Waals surface area contributed by atoms with Crippen LogP contribution in [0.1, 0.15) is 18.4 Å². The van der Waals surface area contributed by atoms with Crippen molar-refractivity contribution < 1.29 is 28.2 Å². The van der Waals surface area contributed by atoms with Gasteiger partial charge in [-0.15, -0.1) is 0 Å². The van der Waals surface area contributed by atoms with Crippen molar-refractivity contribution in [2.24, 2.45) is 0 Å². The number of benzene rings is 2. The van der Waals surface area contributed by atoms with E-state index in [1.807, 2.05) is 30.3 Å². The smallest absolute Gasteiger partial charge is 0.322 e. The van der Waals surface area contributed by atoms with Gasteiger partial charge in [0.25, 0.3) is 0 Å². The average Bonchev–Trinajstić information content (AvgIpc) is 2.69. The molecule has 0 radical (unpaired) electrons. The van der Waals surface area contributed by atoms with Crippen molar-refractivity contribution >= 4 is 16.0 Å². The number of piperidine rings is 1. The van der Waals surface area contributed by atoms with Crippen LogP contribution < -0.4 is 4.74 Å². The Bertz CT molecular complexity index is 898. The Hall–Kier alpha value is -2.42. The zero-order chi connectivity index (χ0) is 20.1. The number of carbonyl (C=O) groups is 1. The Morgan fingerprint density at radius 3 is 2.43 bits per heavy atom. The van der Waals surface area contributed by atoms with E-state index < -0.39 is 28.1 Å². The summed E-state index contributed by atoms with van der Waals surface area (Å²) in [6, 6.07) is 14.6. The minimum Gasteiger partial charge on any atom is -0.493 e. The highest BCUT2D eigenvalue weighted by atomic mass is 32.2. The number of hydrogen-bond acceptors (Lipinski definition) is 5. The van der Waals surface area contributed by atoms with Crippen molar-refractivity contribution in [3.05, 3.63) is 60.2 Å². The molecule has 2 atom stereocenters. The summed E-state index contributed by atoms with van der Waals surface area (Å²) >= 11 is 0. The summed E-state index contributed by atoms with van der Waals surface area (Å²) in [7, 11) is -3.97. The quantitative estimate of drug-likeness (QED) is 0.729. The van der Waals surface area contributed by atoms with Crippen LogP contribution in [0.2, 0.25) is 0 Å². The summed E-state index contributed by atoms with van der Waals surface area (Å²) in [6.07, 6.45) is 0.0175. The molecule has 28 heavy (non-hydrogen) atoms. The lowest BCUT2D eigenvalue weighted by Crippen LogP contribution is -2.51. The van der Waals surface area contributed by atoms with Gasteiger partial charge in [-0.05, 0) is 36.2 Å². The number of nitrogens with zero attached hydrogens (tertiary/aromatic N) is 1. The molecular formula is C20H23NO6S. The Morgan fingerprint density at radius 1 is 1.11 bits per heavy atom. The van der Waals surface area contributed by atoms with Gasteiger partial charge >= 0.3 is 5.97 Å². The molecule has 1 aliphatic heterocycles. The number of aliphatic hydroxyl groups excluding tert-OH is 1. The number of ether oxygens (including phenoxy) is 1. The second-order valence-electron chi connectivity index (χ2n) is 6.70. The van der Waals surface area contributed by atoms with Crippen LogP contribution >= 0.6 is 0 Å². The highest BCUT2D eigenvalue weighted by Gasteiger charge is 2.40. The van der Waals surface area contributed by atoms with Gasteiger partial charge in [-0.25, -0.2) is 8.42 Å². The number of carboxylic acid groups (broad SMARTS) is 1. The van der Waals surface area contributed by atoms with Crippen LogP contribution in [-0.4, -0.2) is 54.2 Å². The van der Waals surface area contributed by atoms with Crippen molar-refractivity contribution in [3.63, 3.8) is 0 Å². The molecule has 150 valence electrons. The molecule has 2 aromatic carbocycles. The molecule has 0 bridgehead atoms. The van der Waals surface area contributed by atoms with E-state index in [4.69, 9.17) is 4.74 Å². The van der Waals surface area contributed by atoms with Gasteiger partial charge in [0.15, 0.2) is 0 Å². The van der Waals surface area contributed by atoms with E-state index in [0.717, 1.165) is 16.3 Å². The van der Waals surface area contributed by atoms with E-state index in [9.17, 15) is 23.4 Å². The first kappa shape index (κ1) is 20.3. The monoisotopic (exact) mass is 405 g/mol. The van der Waals surface area contributed by atoms with Gasteiger partial charge in [-0.2, -0.15) is 4.31 Å². The summed E-state index contributed by atoms with van der Waals surface area (Å²) in [6.45, 7) is 0.428. The molecule has 2 aromatic rings. The fraction of sp³-hybridized carbons (Fsp3) is 0.350. The molecule has 0 spiro atoms. The van der Waals surface area contributed by atoms with Gasteiger partial charge in [-0.1, -0.05) is 30.3 Å². The molecule has 0 aliphatic carbocycles. The first-order chi connectivity index (χ1) is 13.4. The van der Waals surface area contributed by atoms with Gasteiger partial charge in [-0.3, -0.25) is 4.79 Å². The average molecular weight is 405 g/mol. The van der Waals surface area contributed by atoms with Crippen LogP contribution in [0.5, 0.6) is 5.75 Å². The molecule has 1 aliphatic rings. The summed E-state index contributed by atoms with van der Waals surface area (Å²) in [5.41, 5.74) is 1.15. The molecule has 0 saturated carbocycles. The van der Waals surface area contributed by atoms with Crippen LogP contribution in [0.25, 0.3) is 0 Å². The zero-order valence-corrected chi connectivity index (χ0v) is 16.1. The Morgan fingerprint density at radius 2 is 1.79 bits per heavy atom. The van der Waals surface area contributed by atoms with Crippen molar-refractivity contribution in [2.75, 3.05) is 13.2 Å². The van der Waals surface area contributed by atoms with Crippen molar-refractivity contribution in [1.82, 2.24) is 4.31 Å². The van der Waals surface area contributed by atoms with Gasteiger partial charge in [0, 0.05) is 19.4 Å². The largest absolute Gasteiger partial charge is 0.493 e.